The summed E-state index contributed by atoms with van der Waals surface area (Å²) in [5.41, 5.74) is 1.19. The van der Waals surface area contributed by atoms with Gasteiger partial charge in [0.15, 0.2) is 0 Å². The van der Waals surface area contributed by atoms with E-state index in [1.54, 1.807) is 0 Å². The van der Waals surface area contributed by atoms with Crippen LogP contribution in [0.5, 0.6) is 0 Å². The molecular formula is C16H25NO2. The Labute approximate surface area is 116 Å². The molecule has 1 fully saturated rings. The minimum absolute atomic E-state index is 0.0921. The fourth-order valence-electron chi connectivity index (χ4n) is 2.66. The molecule has 0 aromatic heterocycles. The van der Waals surface area contributed by atoms with Gasteiger partial charge in [0.2, 0.25) is 0 Å². The third-order valence-corrected chi connectivity index (χ3v) is 3.70. The van der Waals surface area contributed by atoms with E-state index in [0.717, 1.165) is 26.1 Å². The Balaban J connectivity index is 1.76. The van der Waals surface area contributed by atoms with Crippen molar-refractivity contribution in [1.29, 1.82) is 0 Å². The highest BCUT2D eigenvalue weighted by atomic mass is 16.5. The van der Waals surface area contributed by atoms with Crippen molar-refractivity contribution in [3.05, 3.63) is 35.9 Å². The second-order valence-corrected chi connectivity index (χ2v) is 5.30. The number of likely N-dealkylation sites (tertiary alicyclic amines) is 1. The van der Waals surface area contributed by atoms with Crippen molar-refractivity contribution in [3.63, 3.8) is 0 Å². The van der Waals surface area contributed by atoms with Gasteiger partial charge in [0.25, 0.3) is 0 Å². The molecule has 1 aromatic rings. The molecule has 19 heavy (non-hydrogen) atoms. The van der Waals surface area contributed by atoms with E-state index in [4.69, 9.17) is 4.74 Å². The highest BCUT2D eigenvalue weighted by Gasteiger charge is 2.17. The maximum atomic E-state index is 10.0. The Morgan fingerprint density at radius 2 is 1.89 bits per heavy atom. The summed E-state index contributed by atoms with van der Waals surface area (Å²) >= 11 is 0. The highest BCUT2D eigenvalue weighted by Crippen LogP contribution is 2.20. The number of hydrogen-bond donors (Lipinski definition) is 1. The monoisotopic (exact) mass is 263 g/mol. The van der Waals surface area contributed by atoms with Crippen molar-refractivity contribution in [1.82, 2.24) is 4.90 Å². The van der Waals surface area contributed by atoms with E-state index in [9.17, 15) is 5.11 Å². The molecule has 2 atom stereocenters. The van der Waals surface area contributed by atoms with E-state index in [1.807, 2.05) is 18.2 Å². The lowest BCUT2D eigenvalue weighted by atomic mass is 10.1. The molecule has 0 unspecified atom stereocenters. The zero-order valence-corrected chi connectivity index (χ0v) is 11.8. The molecule has 1 N–H and O–H groups in total. The normalized spacial score (nSPS) is 19.5. The van der Waals surface area contributed by atoms with Gasteiger partial charge in [-0.2, -0.15) is 0 Å². The predicted molar refractivity (Wildman–Crippen MR) is 77.1 cm³/mol. The fraction of sp³-hybridized carbons (Fsp3) is 0.625. The summed E-state index contributed by atoms with van der Waals surface area (Å²) in [6, 6.07) is 10.2. The highest BCUT2D eigenvalue weighted by molar-refractivity contribution is 5.17. The van der Waals surface area contributed by atoms with Crippen molar-refractivity contribution in [3.8, 4) is 0 Å². The van der Waals surface area contributed by atoms with E-state index in [-0.39, 0.29) is 12.2 Å². The Kier molecular flexibility index (Phi) is 5.83. The Morgan fingerprint density at radius 1 is 1.21 bits per heavy atom. The van der Waals surface area contributed by atoms with Crippen LogP contribution in [-0.4, -0.2) is 42.4 Å². The zero-order valence-electron chi connectivity index (χ0n) is 11.8. The van der Waals surface area contributed by atoms with Gasteiger partial charge in [0, 0.05) is 6.54 Å². The van der Waals surface area contributed by atoms with Crippen LogP contribution in [0.15, 0.2) is 30.3 Å². The number of aliphatic hydroxyl groups excluding tert-OH is 1. The van der Waals surface area contributed by atoms with Crippen LogP contribution in [0.4, 0.5) is 0 Å². The zero-order chi connectivity index (χ0) is 13.5. The number of rotatable bonds is 7. The van der Waals surface area contributed by atoms with E-state index in [0.29, 0.717) is 6.61 Å². The van der Waals surface area contributed by atoms with E-state index < -0.39 is 0 Å². The van der Waals surface area contributed by atoms with Crippen molar-refractivity contribution in [2.75, 3.05) is 26.2 Å². The molecule has 3 nitrogen and oxygen atoms in total. The quantitative estimate of drug-likeness (QED) is 0.821. The largest absolute Gasteiger partial charge is 0.389 e. The predicted octanol–water partition coefficient (Wildman–Crippen LogP) is 2.61. The molecule has 1 aliphatic rings. The summed E-state index contributed by atoms with van der Waals surface area (Å²) in [4.78, 5) is 2.32. The Hall–Kier alpha value is -0.900. The summed E-state index contributed by atoms with van der Waals surface area (Å²) in [6.07, 6.45) is 3.16. The van der Waals surface area contributed by atoms with Crippen molar-refractivity contribution in [2.24, 2.45) is 0 Å². The lowest BCUT2D eigenvalue weighted by molar-refractivity contribution is -0.0215. The first-order valence-corrected chi connectivity index (χ1v) is 7.36. The summed E-state index contributed by atoms with van der Waals surface area (Å²) in [7, 11) is 0. The molecule has 1 aliphatic heterocycles. The van der Waals surface area contributed by atoms with Gasteiger partial charge < -0.3 is 14.7 Å². The maximum Gasteiger partial charge on any atom is 0.0900 e. The minimum atomic E-state index is -0.379. The number of β-amino-alcohol motifs (C(OH)–C–C–N with tert-alkyl or cyclic N) is 1. The number of nitrogens with zero attached hydrogens (tertiary/aromatic N) is 1. The van der Waals surface area contributed by atoms with Crippen LogP contribution in [0.25, 0.3) is 0 Å². The minimum Gasteiger partial charge on any atom is -0.389 e. The number of hydrogen-bond acceptors (Lipinski definition) is 3. The SMILES string of the molecule is CC[C@H](OC[C@H](O)CN1CCCC1)c1ccccc1. The van der Waals surface area contributed by atoms with Crippen LogP contribution >= 0.6 is 0 Å². The van der Waals surface area contributed by atoms with Crippen LogP contribution in [0, 0.1) is 0 Å². The van der Waals surface area contributed by atoms with Crippen LogP contribution in [0.1, 0.15) is 37.9 Å². The molecule has 1 saturated heterocycles. The van der Waals surface area contributed by atoms with Gasteiger partial charge in [-0.15, -0.1) is 0 Å². The molecule has 0 saturated carbocycles. The van der Waals surface area contributed by atoms with Gasteiger partial charge in [-0.1, -0.05) is 37.3 Å². The molecule has 106 valence electrons. The summed E-state index contributed by atoms with van der Waals surface area (Å²) in [6.45, 7) is 5.51. The molecule has 0 spiro atoms. The first-order valence-electron chi connectivity index (χ1n) is 7.36. The standard InChI is InChI=1S/C16H25NO2/c1-2-16(14-8-4-3-5-9-14)19-13-15(18)12-17-10-6-7-11-17/h3-5,8-9,15-16,18H,2,6-7,10-13H2,1H3/t15-,16+/m1/s1. The second kappa shape index (κ2) is 7.63. The van der Waals surface area contributed by atoms with Crippen molar-refractivity contribution < 1.29 is 9.84 Å². The smallest absolute Gasteiger partial charge is 0.0900 e. The lowest BCUT2D eigenvalue weighted by Gasteiger charge is -2.22. The van der Waals surface area contributed by atoms with Gasteiger partial charge in [-0.3, -0.25) is 0 Å². The van der Waals surface area contributed by atoms with Crippen LogP contribution in [0.3, 0.4) is 0 Å². The first-order chi connectivity index (χ1) is 9.29. The number of benzene rings is 1. The Morgan fingerprint density at radius 3 is 2.53 bits per heavy atom. The van der Waals surface area contributed by atoms with Gasteiger partial charge >= 0.3 is 0 Å². The molecule has 2 rings (SSSR count). The van der Waals surface area contributed by atoms with E-state index in [1.165, 1.54) is 18.4 Å². The third-order valence-electron chi connectivity index (χ3n) is 3.70. The second-order valence-electron chi connectivity index (χ2n) is 5.30. The maximum absolute atomic E-state index is 10.0. The molecule has 3 heteroatoms. The van der Waals surface area contributed by atoms with Crippen LogP contribution in [-0.2, 0) is 4.74 Å². The fourth-order valence-corrected chi connectivity index (χ4v) is 2.66. The van der Waals surface area contributed by atoms with Gasteiger partial charge in [-0.05, 0) is 37.9 Å². The van der Waals surface area contributed by atoms with Crippen LogP contribution < -0.4 is 0 Å². The number of ether oxygens (including phenoxy) is 1. The Bertz CT molecular complexity index is 349. The third kappa shape index (κ3) is 4.60. The first kappa shape index (κ1) is 14.5. The molecule has 1 aromatic carbocycles. The van der Waals surface area contributed by atoms with Crippen molar-refractivity contribution >= 4 is 0 Å². The van der Waals surface area contributed by atoms with Gasteiger partial charge in [0.05, 0.1) is 18.8 Å². The van der Waals surface area contributed by atoms with Gasteiger partial charge in [-0.25, -0.2) is 0 Å². The van der Waals surface area contributed by atoms with E-state index >= 15 is 0 Å². The average Bonchev–Trinajstić information content (AvgIpc) is 2.93. The van der Waals surface area contributed by atoms with E-state index in [2.05, 4.69) is 24.0 Å². The molecule has 0 bridgehead atoms. The summed E-state index contributed by atoms with van der Waals surface area (Å²) in [5.74, 6) is 0. The molecule has 0 aliphatic carbocycles. The number of aliphatic hydroxyl groups is 1. The topological polar surface area (TPSA) is 32.7 Å². The summed E-state index contributed by atoms with van der Waals surface area (Å²) in [5, 5.41) is 10.0. The van der Waals surface area contributed by atoms with Gasteiger partial charge in [0.1, 0.15) is 0 Å². The summed E-state index contributed by atoms with van der Waals surface area (Å²) < 4.78 is 5.87. The lowest BCUT2D eigenvalue weighted by Crippen LogP contribution is -2.33. The molecular weight excluding hydrogens is 238 g/mol. The van der Waals surface area contributed by atoms with Crippen LogP contribution in [0.2, 0.25) is 0 Å². The van der Waals surface area contributed by atoms with Crippen molar-refractivity contribution in [2.45, 2.75) is 38.4 Å². The molecule has 0 radical (unpaired) electrons. The molecule has 1 heterocycles. The molecule has 0 amide bonds. The average molecular weight is 263 g/mol.